The number of thioether (sulfide) groups is 1. The number of aryl methyl sites for hydroxylation is 1. The van der Waals surface area contributed by atoms with E-state index in [9.17, 15) is 4.79 Å². The van der Waals surface area contributed by atoms with Gasteiger partial charge in [-0.05, 0) is 25.5 Å². The number of rotatable bonds is 2. The minimum absolute atomic E-state index is 0.0701. The van der Waals surface area contributed by atoms with Gasteiger partial charge in [0.05, 0.1) is 5.69 Å². The fraction of sp³-hybridized carbons (Fsp3) is 0.333. The number of nitrogens with zero attached hydrogens (tertiary/aromatic N) is 1. The summed E-state index contributed by atoms with van der Waals surface area (Å²) in [5.41, 5.74) is 1.47. The van der Waals surface area contributed by atoms with Crippen molar-refractivity contribution in [2.24, 2.45) is 0 Å². The predicted molar refractivity (Wildman–Crippen MR) is 79.5 cm³/mol. The first-order valence-corrected chi connectivity index (χ1v) is 7.65. The first-order chi connectivity index (χ1) is 9.69. The number of ether oxygens (including phenoxy) is 1. The van der Waals surface area contributed by atoms with E-state index >= 15 is 0 Å². The molecule has 2 aromatic rings. The number of benzene rings is 1. The molecule has 3 rings (SSSR count). The first kappa shape index (κ1) is 13.2. The van der Waals surface area contributed by atoms with Crippen LogP contribution in [0.5, 0.6) is 5.75 Å². The second kappa shape index (κ2) is 5.32. The van der Waals surface area contributed by atoms with Crippen LogP contribution in [0.4, 0.5) is 0 Å². The molecule has 1 aromatic carbocycles. The van der Waals surface area contributed by atoms with Crippen LogP contribution in [0, 0.1) is 6.92 Å². The van der Waals surface area contributed by atoms with E-state index < -0.39 is 0 Å². The molecule has 2 heterocycles. The van der Waals surface area contributed by atoms with Crippen LogP contribution in [-0.2, 0) is 6.42 Å². The molecular weight excluding hydrogens is 272 g/mol. The summed E-state index contributed by atoms with van der Waals surface area (Å²) in [6.07, 6.45) is 0.549. The lowest BCUT2D eigenvalue weighted by Gasteiger charge is -2.25. The molecule has 0 spiro atoms. The van der Waals surface area contributed by atoms with Crippen LogP contribution in [0.1, 0.15) is 30.1 Å². The second-order valence-corrected chi connectivity index (χ2v) is 5.80. The third kappa shape index (κ3) is 2.33. The van der Waals surface area contributed by atoms with Crippen molar-refractivity contribution in [3.05, 3.63) is 51.7 Å². The Labute approximate surface area is 121 Å². The number of nitrogens with one attached hydrogen (secondary N) is 1. The Kier molecular flexibility index (Phi) is 3.53. The summed E-state index contributed by atoms with van der Waals surface area (Å²) in [7, 11) is 0. The maximum Gasteiger partial charge on any atom is 0.254 e. The van der Waals surface area contributed by atoms with Crippen LogP contribution in [-0.4, -0.2) is 15.7 Å². The van der Waals surface area contributed by atoms with Gasteiger partial charge in [0, 0.05) is 16.2 Å². The minimum atomic E-state index is -0.200. The van der Waals surface area contributed by atoms with Gasteiger partial charge in [-0.3, -0.25) is 4.79 Å². The summed E-state index contributed by atoms with van der Waals surface area (Å²) in [6.45, 7) is 3.81. The summed E-state index contributed by atoms with van der Waals surface area (Å²) in [5.74, 6) is 2.24. The van der Waals surface area contributed by atoms with E-state index in [0.717, 1.165) is 28.5 Å². The average molecular weight is 288 g/mol. The van der Waals surface area contributed by atoms with Crippen LogP contribution in [0.15, 0.2) is 34.0 Å². The van der Waals surface area contributed by atoms with E-state index in [2.05, 4.69) is 9.97 Å². The number of aromatic nitrogens is 2. The van der Waals surface area contributed by atoms with Gasteiger partial charge in [0.25, 0.3) is 5.56 Å². The fourth-order valence-corrected chi connectivity index (χ4v) is 3.24. The molecule has 5 heteroatoms. The maximum absolute atomic E-state index is 11.9. The Hall–Kier alpha value is -1.75. The molecule has 104 valence electrons. The normalized spacial score (nSPS) is 17.4. The van der Waals surface area contributed by atoms with Crippen molar-refractivity contribution in [1.82, 2.24) is 9.97 Å². The molecule has 4 nitrogen and oxygen atoms in total. The van der Waals surface area contributed by atoms with Gasteiger partial charge in [-0.1, -0.05) is 19.1 Å². The topological polar surface area (TPSA) is 55.0 Å². The number of H-pyrrole nitrogens is 1. The molecule has 1 aromatic heterocycles. The van der Waals surface area contributed by atoms with Gasteiger partial charge in [0.15, 0.2) is 11.9 Å². The second-order valence-electron chi connectivity index (χ2n) is 4.74. The quantitative estimate of drug-likeness (QED) is 0.923. The molecule has 0 amide bonds. The molecule has 0 bridgehead atoms. The third-order valence-corrected chi connectivity index (χ3v) is 4.54. The van der Waals surface area contributed by atoms with Crippen LogP contribution in [0.2, 0.25) is 0 Å². The highest BCUT2D eigenvalue weighted by Gasteiger charge is 2.24. The minimum Gasteiger partial charge on any atom is -0.480 e. The standard InChI is InChI=1S/C15H16N2O2S/c1-3-10-9(2)15(18)17-14(16-10)12-8-20-13-7-5-4-6-11(13)19-12/h4-7,12H,3,8H2,1-2H3,(H,16,17,18). The Morgan fingerprint density at radius 2 is 2.25 bits per heavy atom. The zero-order chi connectivity index (χ0) is 14.1. The number of para-hydroxylation sites is 1. The molecule has 0 saturated heterocycles. The molecular formula is C15H16N2O2S. The number of aromatic amines is 1. The van der Waals surface area contributed by atoms with Crippen LogP contribution in [0.3, 0.4) is 0 Å². The third-order valence-electron chi connectivity index (χ3n) is 3.42. The largest absolute Gasteiger partial charge is 0.480 e. The molecule has 1 aliphatic rings. The van der Waals surface area contributed by atoms with Gasteiger partial charge in [-0.25, -0.2) is 4.98 Å². The molecule has 1 unspecified atom stereocenters. The molecule has 20 heavy (non-hydrogen) atoms. The van der Waals surface area contributed by atoms with Crippen molar-refractivity contribution in [2.45, 2.75) is 31.3 Å². The molecule has 1 N–H and O–H groups in total. The Morgan fingerprint density at radius 3 is 3.05 bits per heavy atom. The Bertz CT molecular complexity index is 697. The van der Waals surface area contributed by atoms with Gasteiger partial charge in [-0.2, -0.15) is 0 Å². The lowest BCUT2D eigenvalue weighted by Crippen LogP contribution is -2.24. The van der Waals surface area contributed by atoms with E-state index in [-0.39, 0.29) is 11.7 Å². The van der Waals surface area contributed by atoms with Crippen molar-refractivity contribution in [1.29, 1.82) is 0 Å². The molecule has 0 aliphatic carbocycles. The number of fused-ring (bicyclic) bond motifs is 1. The van der Waals surface area contributed by atoms with Crippen molar-refractivity contribution in [2.75, 3.05) is 5.75 Å². The van der Waals surface area contributed by atoms with Gasteiger partial charge >= 0.3 is 0 Å². The van der Waals surface area contributed by atoms with Crippen molar-refractivity contribution in [3.63, 3.8) is 0 Å². The smallest absolute Gasteiger partial charge is 0.254 e. The van der Waals surface area contributed by atoms with E-state index in [1.807, 2.05) is 31.2 Å². The fourth-order valence-electron chi connectivity index (χ4n) is 2.25. The number of hydrogen-bond donors (Lipinski definition) is 1. The molecule has 0 fully saturated rings. The Balaban J connectivity index is 1.96. The molecule has 0 saturated carbocycles. The van der Waals surface area contributed by atoms with Gasteiger partial charge < -0.3 is 9.72 Å². The van der Waals surface area contributed by atoms with Crippen LogP contribution >= 0.6 is 11.8 Å². The highest BCUT2D eigenvalue weighted by Crippen LogP contribution is 2.39. The lowest BCUT2D eigenvalue weighted by molar-refractivity contribution is 0.209. The van der Waals surface area contributed by atoms with Gasteiger partial charge in [0.1, 0.15) is 5.75 Å². The Morgan fingerprint density at radius 1 is 1.45 bits per heavy atom. The maximum atomic E-state index is 11.9. The zero-order valence-corrected chi connectivity index (χ0v) is 12.3. The molecule has 0 radical (unpaired) electrons. The van der Waals surface area contributed by atoms with E-state index in [1.54, 1.807) is 18.7 Å². The molecule has 1 aliphatic heterocycles. The summed E-state index contributed by atoms with van der Waals surface area (Å²) in [4.78, 5) is 20.5. The van der Waals surface area contributed by atoms with E-state index in [4.69, 9.17) is 4.74 Å². The lowest BCUT2D eigenvalue weighted by atomic mass is 10.2. The van der Waals surface area contributed by atoms with Gasteiger partial charge in [0.2, 0.25) is 0 Å². The predicted octanol–water partition coefficient (Wildman–Crippen LogP) is 2.87. The van der Waals surface area contributed by atoms with Crippen LogP contribution < -0.4 is 10.3 Å². The van der Waals surface area contributed by atoms with Crippen molar-refractivity contribution >= 4 is 11.8 Å². The first-order valence-electron chi connectivity index (χ1n) is 6.67. The van der Waals surface area contributed by atoms with Crippen molar-refractivity contribution in [3.8, 4) is 5.75 Å². The van der Waals surface area contributed by atoms with Gasteiger partial charge in [-0.15, -0.1) is 11.8 Å². The highest BCUT2D eigenvalue weighted by molar-refractivity contribution is 7.99. The van der Waals surface area contributed by atoms with Crippen molar-refractivity contribution < 1.29 is 4.74 Å². The SMILES string of the molecule is CCc1nc(C2CSc3ccccc3O2)[nH]c(=O)c1C. The average Bonchev–Trinajstić information content (AvgIpc) is 2.49. The number of hydrogen-bond acceptors (Lipinski definition) is 4. The summed E-state index contributed by atoms with van der Waals surface area (Å²) >= 11 is 1.73. The highest BCUT2D eigenvalue weighted by atomic mass is 32.2. The summed E-state index contributed by atoms with van der Waals surface area (Å²) in [5, 5.41) is 0. The molecule has 1 atom stereocenters. The zero-order valence-electron chi connectivity index (χ0n) is 11.5. The van der Waals surface area contributed by atoms with Crippen LogP contribution in [0.25, 0.3) is 0 Å². The summed E-state index contributed by atoms with van der Waals surface area (Å²) < 4.78 is 5.96. The monoisotopic (exact) mass is 288 g/mol. The summed E-state index contributed by atoms with van der Waals surface area (Å²) in [6, 6.07) is 7.93. The van der Waals surface area contributed by atoms with E-state index in [0.29, 0.717) is 11.4 Å². The van der Waals surface area contributed by atoms with E-state index in [1.165, 1.54) is 0 Å².